The number of amides is 1. The van der Waals surface area contributed by atoms with Crippen LogP contribution in [0.15, 0.2) is 72.5 Å². The summed E-state index contributed by atoms with van der Waals surface area (Å²) in [6, 6.07) is 11.9. The zero-order valence-corrected chi connectivity index (χ0v) is 16.7. The van der Waals surface area contributed by atoms with E-state index in [0.717, 1.165) is 34.2 Å². The minimum Gasteiger partial charge on any atom is -0.319 e. The number of anilines is 4. The fourth-order valence-electron chi connectivity index (χ4n) is 2.95. The highest BCUT2D eigenvalue weighted by molar-refractivity contribution is 7.13. The van der Waals surface area contributed by atoms with Crippen LogP contribution in [0.3, 0.4) is 0 Å². The molecule has 30 heavy (non-hydrogen) atoms. The molecule has 0 unspecified atom stereocenters. The Bertz CT molecular complexity index is 1180. The van der Waals surface area contributed by atoms with E-state index < -0.39 is 17.5 Å². The summed E-state index contributed by atoms with van der Waals surface area (Å²) in [5.41, 5.74) is 2.75. The second kappa shape index (κ2) is 8.38. The summed E-state index contributed by atoms with van der Waals surface area (Å²) in [6.07, 6.45) is 5.07. The first-order chi connectivity index (χ1) is 14.5. The molecule has 0 aliphatic rings. The minimum absolute atomic E-state index is 0.0885. The van der Waals surface area contributed by atoms with Gasteiger partial charge in [0, 0.05) is 35.6 Å². The normalized spacial score (nSPS) is 10.6. The van der Waals surface area contributed by atoms with E-state index in [-0.39, 0.29) is 5.69 Å². The van der Waals surface area contributed by atoms with Crippen molar-refractivity contribution in [1.82, 2.24) is 9.97 Å². The molecule has 1 N–H and O–H groups in total. The summed E-state index contributed by atoms with van der Waals surface area (Å²) in [5.74, 6) is -2.05. The van der Waals surface area contributed by atoms with Gasteiger partial charge in [-0.2, -0.15) is 0 Å². The van der Waals surface area contributed by atoms with Crippen LogP contribution >= 0.6 is 11.3 Å². The van der Waals surface area contributed by atoms with Gasteiger partial charge in [-0.15, -0.1) is 11.3 Å². The quantitative estimate of drug-likeness (QED) is 0.439. The number of hydrogen-bond acceptors (Lipinski definition) is 5. The van der Waals surface area contributed by atoms with Gasteiger partial charge in [-0.1, -0.05) is 6.07 Å². The molecule has 2 aromatic heterocycles. The minimum atomic E-state index is -0.836. The van der Waals surface area contributed by atoms with Crippen molar-refractivity contribution in [3.05, 3.63) is 95.3 Å². The first kappa shape index (κ1) is 19.7. The Morgan fingerprint density at radius 1 is 1.03 bits per heavy atom. The lowest BCUT2D eigenvalue weighted by Crippen LogP contribution is -2.16. The van der Waals surface area contributed by atoms with Gasteiger partial charge in [0.1, 0.15) is 11.6 Å². The first-order valence-corrected chi connectivity index (χ1v) is 9.87. The highest BCUT2D eigenvalue weighted by Crippen LogP contribution is 2.37. The molecule has 0 radical (unpaired) electrons. The molecule has 4 aromatic rings. The van der Waals surface area contributed by atoms with Crippen LogP contribution in [-0.2, 0) is 0 Å². The smallest absolute Gasteiger partial charge is 0.255 e. The van der Waals surface area contributed by atoms with E-state index in [1.807, 2.05) is 35.4 Å². The van der Waals surface area contributed by atoms with Crippen LogP contribution in [0.1, 0.15) is 15.9 Å². The van der Waals surface area contributed by atoms with Crippen LogP contribution in [-0.4, -0.2) is 15.9 Å². The molecule has 2 heterocycles. The van der Waals surface area contributed by atoms with E-state index in [2.05, 4.69) is 15.3 Å². The monoisotopic (exact) mass is 422 g/mol. The predicted octanol–water partition coefficient (Wildman–Crippen LogP) is 5.85. The number of benzene rings is 2. The lowest BCUT2D eigenvalue weighted by molar-refractivity contribution is 0.102. The molecule has 150 valence electrons. The van der Waals surface area contributed by atoms with E-state index in [0.29, 0.717) is 5.56 Å². The molecule has 0 fully saturated rings. The molecule has 2 aromatic carbocycles. The molecule has 0 aliphatic heterocycles. The number of aromatic nitrogens is 2. The van der Waals surface area contributed by atoms with Crippen molar-refractivity contribution in [2.45, 2.75) is 6.92 Å². The number of thiazole rings is 1. The maximum absolute atomic E-state index is 13.9. The maximum Gasteiger partial charge on any atom is 0.255 e. The van der Waals surface area contributed by atoms with E-state index in [4.69, 9.17) is 0 Å². The predicted molar refractivity (Wildman–Crippen MR) is 114 cm³/mol. The molecule has 5 nitrogen and oxygen atoms in total. The number of rotatable bonds is 5. The Kier molecular flexibility index (Phi) is 5.49. The number of hydrogen-bond donors (Lipinski definition) is 1. The standard InChI is InChI=1S/C22H16F2N4OS/c1-14-2-3-15(21(29)27-19-5-4-16(23)13-18(19)24)12-20(14)28(22-26-10-11-30-22)17-6-8-25-9-7-17/h2-13H,1H3,(H,27,29). The highest BCUT2D eigenvalue weighted by Gasteiger charge is 2.19. The Balaban J connectivity index is 1.72. The Morgan fingerprint density at radius 2 is 1.83 bits per heavy atom. The topological polar surface area (TPSA) is 58.1 Å². The van der Waals surface area contributed by atoms with Crippen LogP contribution in [0.5, 0.6) is 0 Å². The summed E-state index contributed by atoms with van der Waals surface area (Å²) in [5, 5.41) is 5.09. The van der Waals surface area contributed by atoms with Gasteiger partial charge in [0.2, 0.25) is 0 Å². The lowest BCUT2D eigenvalue weighted by Gasteiger charge is -2.24. The van der Waals surface area contributed by atoms with Gasteiger partial charge in [0.05, 0.1) is 17.1 Å². The van der Waals surface area contributed by atoms with Gasteiger partial charge in [-0.3, -0.25) is 14.7 Å². The van der Waals surface area contributed by atoms with Gasteiger partial charge in [-0.05, 0) is 48.9 Å². The van der Waals surface area contributed by atoms with Crippen molar-refractivity contribution in [3.63, 3.8) is 0 Å². The van der Waals surface area contributed by atoms with E-state index >= 15 is 0 Å². The highest BCUT2D eigenvalue weighted by atomic mass is 32.1. The fourth-order valence-corrected chi connectivity index (χ4v) is 3.62. The number of halogens is 2. The van der Waals surface area contributed by atoms with Crippen molar-refractivity contribution < 1.29 is 13.6 Å². The first-order valence-electron chi connectivity index (χ1n) is 8.99. The molecule has 8 heteroatoms. The number of nitrogens with zero attached hydrogens (tertiary/aromatic N) is 3. The number of nitrogens with one attached hydrogen (secondary N) is 1. The van der Waals surface area contributed by atoms with Gasteiger partial charge < -0.3 is 5.32 Å². The summed E-state index contributed by atoms with van der Waals surface area (Å²) in [6.45, 7) is 1.93. The van der Waals surface area contributed by atoms with Gasteiger partial charge in [0.15, 0.2) is 5.13 Å². The second-order valence-corrected chi connectivity index (χ2v) is 7.31. The lowest BCUT2D eigenvalue weighted by atomic mass is 10.1. The molecular weight excluding hydrogens is 406 g/mol. The second-order valence-electron chi connectivity index (χ2n) is 6.44. The van der Waals surface area contributed by atoms with E-state index in [9.17, 15) is 13.6 Å². The summed E-state index contributed by atoms with van der Waals surface area (Å²) < 4.78 is 27.1. The molecule has 0 saturated heterocycles. The Labute approximate surface area is 175 Å². The molecular formula is C22H16F2N4OS. The average molecular weight is 422 g/mol. The number of pyridine rings is 1. The third-order valence-corrected chi connectivity index (χ3v) is 5.18. The van der Waals surface area contributed by atoms with Crippen molar-refractivity contribution in [2.75, 3.05) is 10.2 Å². The van der Waals surface area contributed by atoms with Crippen molar-refractivity contribution in [3.8, 4) is 0 Å². The molecule has 0 spiro atoms. The number of aryl methyl sites for hydroxylation is 1. The van der Waals surface area contributed by atoms with E-state index in [1.54, 1.807) is 30.7 Å². The molecule has 1 amide bonds. The number of carbonyl (C=O) groups excluding carboxylic acids is 1. The molecule has 0 aliphatic carbocycles. The summed E-state index contributed by atoms with van der Waals surface area (Å²) in [7, 11) is 0. The Hall–Kier alpha value is -3.65. The zero-order chi connectivity index (χ0) is 21.1. The average Bonchev–Trinajstić information content (AvgIpc) is 3.27. The zero-order valence-electron chi connectivity index (χ0n) is 15.8. The van der Waals surface area contributed by atoms with Crippen LogP contribution in [0.25, 0.3) is 0 Å². The van der Waals surface area contributed by atoms with E-state index in [1.165, 1.54) is 17.4 Å². The SMILES string of the molecule is Cc1ccc(C(=O)Nc2ccc(F)cc2F)cc1N(c1ccncc1)c1nccs1. The van der Waals surface area contributed by atoms with Crippen molar-refractivity contribution >= 4 is 39.4 Å². The maximum atomic E-state index is 13.9. The molecule has 4 rings (SSSR count). The third-order valence-electron chi connectivity index (χ3n) is 4.42. The van der Waals surface area contributed by atoms with Crippen LogP contribution in [0.4, 0.5) is 31.0 Å². The fraction of sp³-hybridized carbons (Fsp3) is 0.0455. The van der Waals surface area contributed by atoms with Crippen LogP contribution in [0.2, 0.25) is 0 Å². The third kappa shape index (κ3) is 4.04. The van der Waals surface area contributed by atoms with Gasteiger partial charge >= 0.3 is 0 Å². The van der Waals surface area contributed by atoms with Gasteiger partial charge in [-0.25, -0.2) is 13.8 Å². The number of carbonyl (C=O) groups is 1. The van der Waals surface area contributed by atoms with Crippen molar-refractivity contribution in [1.29, 1.82) is 0 Å². The Morgan fingerprint density at radius 3 is 2.53 bits per heavy atom. The van der Waals surface area contributed by atoms with Crippen molar-refractivity contribution in [2.24, 2.45) is 0 Å². The molecule has 0 atom stereocenters. The largest absolute Gasteiger partial charge is 0.319 e. The molecule has 0 bridgehead atoms. The summed E-state index contributed by atoms with van der Waals surface area (Å²) >= 11 is 1.46. The molecule has 0 saturated carbocycles. The van der Waals surface area contributed by atoms with Crippen LogP contribution in [0, 0.1) is 18.6 Å². The van der Waals surface area contributed by atoms with Gasteiger partial charge in [0.25, 0.3) is 5.91 Å². The summed E-state index contributed by atoms with van der Waals surface area (Å²) in [4.78, 5) is 23.1. The van der Waals surface area contributed by atoms with Crippen LogP contribution < -0.4 is 10.2 Å².